The van der Waals surface area contributed by atoms with Crippen molar-refractivity contribution >= 4 is 11.7 Å². The van der Waals surface area contributed by atoms with E-state index < -0.39 is 0 Å². The lowest BCUT2D eigenvalue weighted by molar-refractivity contribution is -0.117. The van der Waals surface area contributed by atoms with Gasteiger partial charge in [-0.3, -0.25) is 9.69 Å². The number of rotatable bonds is 0. The highest BCUT2D eigenvalue weighted by molar-refractivity contribution is 5.98. The molecule has 1 amide bonds. The van der Waals surface area contributed by atoms with Crippen LogP contribution in [-0.4, -0.2) is 17.9 Å². The molecule has 0 fully saturated rings. The number of hydrogen-bond donors (Lipinski definition) is 0. The van der Waals surface area contributed by atoms with Crippen LogP contribution in [0.3, 0.4) is 0 Å². The maximum Gasteiger partial charge on any atom is 0.235 e. The highest BCUT2D eigenvalue weighted by Crippen LogP contribution is 2.24. The Balaban J connectivity index is 2.52. The summed E-state index contributed by atoms with van der Waals surface area (Å²) in [5.74, 6) is 1.37. The van der Waals surface area contributed by atoms with Crippen molar-refractivity contribution in [3.8, 4) is 0 Å². The minimum absolute atomic E-state index is 0.0434. The van der Waals surface area contributed by atoms with Gasteiger partial charge >= 0.3 is 0 Å². The van der Waals surface area contributed by atoms with Crippen LogP contribution in [0.15, 0.2) is 10.8 Å². The zero-order valence-electron chi connectivity index (χ0n) is 5.50. The fourth-order valence-electron chi connectivity index (χ4n) is 1.03. The van der Waals surface area contributed by atoms with Crippen molar-refractivity contribution in [1.82, 2.24) is 4.98 Å². The second-order valence-electron chi connectivity index (χ2n) is 2.23. The van der Waals surface area contributed by atoms with E-state index in [1.54, 1.807) is 7.05 Å². The van der Waals surface area contributed by atoms with Crippen LogP contribution in [-0.2, 0) is 11.2 Å². The number of likely N-dealkylation sites (N-methyl/N-ethyl adjacent to an activating group) is 1. The molecule has 4 nitrogen and oxygen atoms in total. The Morgan fingerprint density at radius 2 is 2.60 bits per heavy atom. The number of carbonyl (C=O) groups is 1. The molecule has 0 N–H and O–H groups in total. The van der Waals surface area contributed by atoms with Crippen LogP contribution in [0.25, 0.3) is 0 Å². The Hall–Kier alpha value is -1.32. The summed E-state index contributed by atoms with van der Waals surface area (Å²) in [4.78, 5) is 16.3. The van der Waals surface area contributed by atoms with Crippen molar-refractivity contribution in [3.05, 3.63) is 12.2 Å². The molecule has 1 aliphatic heterocycles. The van der Waals surface area contributed by atoms with Gasteiger partial charge in [-0.2, -0.15) is 4.98 Å². The van der Waals surface area contributed by atoms with Gasteiger partial charge in [-0.25, -0.2) is 0 Å². The summed E-state index contributed by atoms with van der Waals surface area (Å²) >= 11 is 0. The fraction of sp³-hybridized carbons (Fsp3) is 0.333. The highest BCUT2D eigenvalue weighted by atomic mass is 16.3. The van der Waals surface area contributed by atoms with Crippen molar-refractivity contribution in [2.75, 3.05) is 11.9 Å². The van der Waals surface area contributed by atoms with Crippen LogP contribution < -0.4 is 4.90 Å². The molecule has 0 spiro atoms. The predicted molar refractivity (Wildman–Crippen MR) is 33.6 cm³/mol. The molecule has 4 heteroatoms. The van der Waals surface area contributed by atoms with Gasteiger partial charge in [0.25, 0.3) is 0 Å². The fourth-order valence-corrected chi connectivity index (χ4v) is 1.03. The first-order chi connectivity index (χ1) is 4.79. The minimum Gasteiger partial charge on any atom is -0.446 e. The Kier molecular flexibility index (Phi) is 0.869. The predicted octanol–water partition coefficient (Wildman–Crippen LogP) is 0.193. The second-order valence-corrected chi connectivity index (χ2v) is 2.23. The van der Waals surface area contributed by atoms with Crippen molar-refractivity contribution in [2.45, 2.75) is 6.42 Å². The molecule has 0 unspecified atom stereocenters. The van der Waals surface area contributed by atoms with Crippen LogP contribution >= 0.6 is 0 Å². The van der Waals surface area contributed by atoms with E-state index in [1.165, 1.54) is 11.3 Å². The van der Waals surface area contributed by atoms with E-state index in [4.69, 9.17) is 4.42 Å². The third-order valence-corrected chi connectivity index (χ3v) is 1.62. The normalized spacial score (nSPS) is 16.1. The molecule has 2 rings (SSSR count). The van der Waals surface area contributed by atoms with E-state index in [9.17, 15) is 4.79 Å². The topological polar surface area (TPSA) is 46.3 Å². The summed E-state index contributed by atoms with van der Waals surface area (Å²) < 4.78 is 4.94. The Morgan fingerprint density at radius 3 is 3.30 bits per heavy atom. The SMILES string of the molecule is CN1C(=O)Cc2ocnc21. The van der Waals surface area contributed by atoms with E-state index in [0.717, 1.165) is 0 Å². The number of anilines is 1. The van der Waals surface area contributed by atoms with Gasteiger partial charge in [0, 0.05) is 7.05 Å². The van der Waals surface area contributed by atoms with Gasteiger partial charge in [-0.05, 0) is 0 Å². The summed E-state index contributed by atoms with van der Waals surface area (Å²) in [7, 11) is 1.69. The number of carbonyl (C=O) groups excluding carboxylic acids is 1. The van der Waals surface area contributed by atoms with Gasteiger partial charge in [0.1, 0.15) is 0 Å². The minimum atomic E-state index is 0.0434. The average Bonchev–Trinajstić information content (AvgIpc) is 2.41. The number of oxazole rings is 1. The Bertz CT molecular complexity index is 279. The number of aromatic nitrogens is 1. The summed E-state index contributed by atoms with van der Waals surface area (Å²) in [6.07, 6.45) is 1.71. The lowest BCUT2D eigenvalue weighted by atomic mass is 10.4. The number of fused-ring (bicyclic) bond motifs is 1. The van der Waals surface area contributed by atoms with Gasteiger partial charge < -0.3 is 4.42 Å². The van der Waals surface area contributed by atoms with Crippen molar-refractivity contribution < 1.29 is 9.21 Å². The molecule has 0 radical (unpaired) electrons. The lowest BCUT2D eigenvalue weighted by Gasteiger charge is -2.03. The summed E-state index contributed by atoms with van der Waals surface area (Å²) in [6, 6.07) is 0. The molecule has 0 aromatic carbocycles. The molecular weight excluding hydrogens is 132 g/mol. The third-order valence-electron chi connectivity index (χ3n) is 1.62. The number of nitrogens with zero attached hydrogens (tertiary/aromatic N) is 2. The van der Waals surface area contributed by atoms with Crippen molar-refractivity contribution in [1.29, 1.82) is 0 Å². The van der Waals surface area contributed by atoms with E-state index >= 15 is 0 Å². The molecule has 2 heterocycles. The van der Waals surface area contributed by atoms with Gasteiger partial charge in [0.2, 0.25) is 5.91 Å². The first kappa shape index (κ1) is 5.46. The van der Waals surface area contributed by atoms with Crippen LogP contribution in [0.1, 0.15) is 5.76 Å². The van der Waals surface area contributed by atoms with Crippen LogP contribution in [0, 0.1) is 0 Å². The van der Waals surface area contributed by atoms with Gasteiger partial charge in [0.05, 0.1) is 6.42 Å². The van der Waals surface area contributed by atoms with E-state index in [0.29, 0.717) is 18.0 Å². The molecule has 52 valence electrons. The first-order valence-electron chi connectivity index (χ1n) is 2.98. The molecule has 0 saturated carbocycles. The van der Waals surface area contributed by atoms with E-state index in [1.807, 2.05) is 0 Å². The van der Waals surface area contributed by atoms with Gasteiger partial charge in [-0.1, -0.05) is 0 Å². The lowest BCUT2D eigenvalue weighted by Crippen LogP contribution is -2.21. The molecular formula is C6H6N2O2. The molecule has 0 aliphatic carbocycles. The Morgan fingerprint density at radius 1 is 1.80 bits per heavy atom. The van der Waals surface area contributed by atoms with Crippen LogP contribution in [0.4, 0.5) is 5.82 Å². The Labute approximate surface area is 57.5 Å². The highest BCUT2D eigenvalue weighted by Gasteiger charge is 2.27. The molecule has 1 aromatic rings. The molecule has 0 atom stereocenters. The molecule has 1 aromatic heterocycles. The zero-order valence-corrected chi connectivity index (χ0v) is 5.50. The molecule has 0 bridgehead atoms. The third kappa shape index (κ3) is 0.504. The van der Waals surface area contributed by atoms with Crippen molar-refractivity contribution in [2.24, 2.45) is 0 Å². The quantitative estimate of drug-likeness (QED) is 0.514. The zero-order chi connectivity index (χ0) is 7.14. The first-order valence-corrected chi connectivity index (χ1v) is 2.98. The number of hydrogen-bond acceptors (Lipinski definition) is 3. The van der Waals surface area contributed by atoms with Crippen LogP contribution in [0.5, 0.6) is 0 Å². The maximum absolute atomic E-state index is 10.9. The monoisotopic (exact) mass is 138 g/mol. The number of amides is 1. The summed E-state index contributed by atoms with van der Waals surface area (Å²) in [5, 5.41) is 0. The standard InChI is InChI=1S/C6H6N2O2/c1-8-5(9)2-4-6(8)7-3-10-4/h3H,2H2,1H3. The largest absolute Gasteiger partial charge is 0.446 e. The molecule has 1 aliphatic rings. The average molecular weight is 138 g/mol. The van der Waals surface area contributed by atoms with Gasteiger partial charge in [0.15, 0.2) is 18.0 Å². The second kappa shape index (κ2) is 1.59. The summed E-state index contributed by atoms with van der Waals surface area (Å²) in [5.41, 5.74) is 0. The maximum atomic E-state index is 10.9. The van der Waals surface area contributed by atoms with E-state index in [-0.39, 0.29) is 5.91 Å². The molecule has 0 saturated heterocycles. The van der Waals surface area contributed by atoms with Crippen molar-refractivity contribution in [3.63, 3.8) is 0 Å². The van der Waals surface area contributed by atoms with Crippen LogP contribution in [0.2, 0.25) is 0 Å². The van der Waals surface area contributed by atoms with Gasteiger partial charge in [-0.15, -0.1) is 0 Å². The van der Waals surface area contributed by atoms with E-state index in [2.05, 4.69) is 4.98 Å². The smallest absolute Gasteiger partial charge is 0.235 e. The molecule has 10 heavy (non-hydrogen) atoms. The summed E-state index contributed by atoms with van der Waals surface area (Å²) in [6.45, 7) is 0.